The van der Waals surface area contributed by atoms with Crippen molar-refractivity contribution in [3.8, 4) is 0 Å². The molecule has 4 heteroatoms. The lowest BCUT2D eigenvalue weighted by Gasteiger charge is -2.31. The zero-order chi connectivity index (χ0) is 17.3. The van der Waals surface area contributed by atoms with Crippen molar-refractivity contribution in [3.63, 3.8) is 0 Å². The molecule has 0 aromatic heterocycles. The van der Waals surface area contributed by atoms with Crippen LogP contribution >= 0.6 is 11.8 Å². The molecule has 2 aromatic carbocycles. The molecule has 2 aromatic rings. The number of benzene rings is 2. The van der Waals surface area contributed by atoms with E-state index in [1.165, 1.54) is 29.7 Å². The van der Waals surface area contributed by atoms with E-state index >= 15 is 0 Å². The smallest absolute Gasteiger partial charge is 0.230 e. The summed E-state index contributed by atoms with van der Waals surface area (Å²) in [5, 5.41) is 3.05. The normalized spacial score (nSPS) is 13.4. The largest absolute Gasteiger partial charge is 0.371 e. The molecule has 1 heterocycles. The number of carbonyl (C=O) groups excluding carboxylic acids is 1. The first-order valence-corrected chi connectivity index (χ1v) is 10.2. The second kappa shape index (κ2) is 9.52. The maximum Gasteiger partial charge on any atom is 0.230 e. The molecule has 0 saturated heterocycles. The van der Waals surface area contributed by atoms with Crippen LogP contribution < -0.4 is 10.2 Å². The van der Waals surface area contributed by atoms with Crippen LogP contribution in [0.5, 0.6) is 0 Å². The van der Waals surface area contributed by atoms with Gasteiger partial charge in [-0.2, -0.15) is 0 Å². The maximum absolute atomic E-state index is 11.9. The first kappa shape index (κ1) is 17.9. The fourth-order valence-electron chi connectivity index (χ4n) is 3.23. The van der Waals surface area contributed by atoms with Crippen molar-refractivity contribution >= 4 is 23.4 Å². The molecular formula is C21H26N2OS. The van der Waals surface area contributed by atoms with Crippen LogP contribution in [0, 0.1) is 0 Å². The van der Waals surface area contributed by atoms with Crippen LogP contribution in [0.4, 0.5) is 5.69 Å². The van der Waals surface area contributed by atoms with Crippen molar-refractivity contribution in [2.24, 2.45) is 0 Å². The second-order valence-electron chi connectivity index (χ2n) is 6.40. The fourth-order valence-corrected chi connectivity index (χ4v) is 4.05. The van der Waals surface area contributed by atoms with Gasteiger partial charge in [0.05, 0.1) is 5.75 Å². The number of hydrogen-bond donors (Lipinski definition) is 1. The van der Waals surface area contributed by atoms with E-state index in [1.54, 1.807) is 11.8 Å². The number of aryl methyl sites for hydroxylation is 1. The lowest BCUT2D eigenvalue weighted by molar-refractivity contribution is -0.118. The van der Waals surface area contributed by atoms with E-state index < -0.39 is 0 Å². The standard InChI is InChI=1S/C21H26N2OS/c24-21(17-25-16-18-8-2-1-3-9-18)22-13-7-15-23-14-6-11-19-10-4-5-12-20(19)23/h1-5,8-10,12H,6-7,11,13-17H2,(H,22,24). The van der Waals surface area contributed by atoms with E-state index in [4.69, 9.17) is 0 Å². The number of anilines is 1. The molecule has 25 heavy (non-hydrogen) atoms. The molecule has 0 spiro atoms. The van der Waals surface area contributed by atoms with Crippen molar-refractivity contribution in [1.29, 1.82) is 0 Å². The summed E-state index contributed by atoms with van der Waals surface area (Å²) in [5.74, 6) is 1.56. The average Bonchev–Trinajstić information content (AvgIpc) is 2.66. The molecule has 3 nitrogen and oxygen atoms in total. The molecule has 3 rings (SSSR count). The number of hydrogen-bond acceptors (Lipinski definition) is 3. The number of nitrogens with one attached hydrogen (secondary N) is 1. The van der Waals surface area contributed by atoms with Crippen LogP contribution in [-0.4, -0.2) is 31.3 Å². The lowest BCUT2D eigenvalue weighted by Crippen LogP contribution is -2.33. The molecule has 132 valence electrons. The number of carbonyl (C=O) groups is 1. The van der Waals surface area contributed by atoms with Gasteiger partial charge in [0.15, 0.2) is 0 Å². The van der Waals surface area contributed by atoms with Gasteiger partial charge in [-0.3, -0.25) is 4.79 Å². The highest BCUT2D eigenvalue weighted by Gasteiger charge is 2.15. The van der Waals surface area contributed by atoms with E-state index in [9.17, 15) is 4.79 Å². The first-order chi connectivity index (χ1) is 12.3. The molecule has 0 bridgehead atoms. The highest BCUT2D eigenvalue weighted by Crippen LogP contribution is 2.26. The molecule has 0 fully saturated rings. The Hall–Kier alpha value is -1.94. The predicted octanol–water partition coefficient (Wildman–Crippen LogP) is 3.88. The number of fused-ring (bicyclic) bond motifs is 1. The Morgan fingerprint density at radius 1 is 1.08 bits per heavy atom. The van der Waals surface area contributed by atoms with Gasteiger partial charge in [-0.1, -0.05) is 48.5 Å². The van der Waals surface area contributed by atoms with Gasteiger partial charge >= 0.3 is 0 Å². The fraction of sp³-hybridized carbons (Fsp3) is 0.381. The van der Waals surface area contributed by atoms with Gasteiger partial charge in [-0.05, 0) is 36.5 Å². The molecule has 1 N–H and O–H groups in total. The third-order valence-electron chi connectivity index (χ3n) is 4.48. The average molecular weight is 355 g/mol. The minimum Gasteiger partial charge on any atom is -0.371 e. The zero-order valence-corrected chi connectivity index (χ0v) is 15.4. The van der Waals surface area contributed by atoms with Gasteiger partial charge in [-0.25, -0.2) is 0 Å². The second-order valence-corrected chi connectivity index (χ2v) is 7.39. The van der Waals surface area contributed by atoms with Gasteiger partial charge in [0.2, 0.25) is 5.91 Å². The summed E-state index contributed by atoms with van der Waals surface area (Å²) >= 11 is 1.67. The van der Waals surface area contributed by atoms with Crippen LogP contribution in [0.1, 0.15) is 24.0 Å². The molecule has 0 radical (unpaired) electrons. The Kier molecular flexibility index (Phi) is 6.80. The minimum absolute atomic E-state index is 0.139. The summed E-state index contributed by atoms with van der Waals surface area (Å²) < 4.78 is 0. The van der Waals surface area contributed by atoms with Crippen molar-refractivity contribution in [3.05, 3.63) is 65.7 Å². The summed E-state index contributed by atoms with van der Waals surface area (Å²) in [6, 6.07) is 19.0. The number of amides is 1. The SMILES string of the molecule is O=C(CSCc1ccccc1)NCCCN1CCCc2ccccc21. The van der Waals surface area contributed by atoms with E-state index in [-0.39, 0.29) is 5.91 Å². The molecule has 0 atom stereocenters. The summed E-state index contributed by atoms with van der Waals surface area (Å²) in [6.07, 6.45) is 3.39. The van der Waals surface area contributed by atoms with E-state index in [2.05, 4.69) is 46.6 Å². The van der Waals surface area contributed by atoms with Crippen LogP contribution in [0.15, 0.2) is 54.6 Å². The predicted molar refractivity (Wildman–Crippen MR) is 107 cm³/mol. The Bertz CT molecular complexity index is 675. The molecular weight excluding hydrogens is 328 g/mol. The quantitative estimate of drug-likeness (QED) is 0.730. The van der Waals surface area contributed by atoms with Gasteiger partial charge < -0.3 is 10.2 Å². The monoisotopic (exact) mass is 354 g/mol. The van der Waals surface area contributed by atoms with Crippen molar-refractivity contribution < 1.29 is 4.79 Å². The van der Waals surface area contributed by atoms with Crippen LogP contribution in [0.2, 0.25) is 0 Å². The number of thioether (sulfide) groups is 1. The topological polar surface area (TPSA) is 32.3 Å². The molecule has 1 amide bonds. The summed E-state index contributed by atoms with van der Waals surface area (Å²) in [7, 11) is 0. The van der Waals surface area contributed by atoms with Gasteiger partial charge in [-0.15, -0.1) is 11.8 Å². The summed E-state index contributed by atoms with van der Waals surface area (Å²) in [5.41, 5.74) is 4.10. The number of para-hydroxylation sites is 1. The third-order valence-corrected chi connectivity index (χ3v) is 5.48. The Labute approximate surface area is 154 Å². The Morgan fingerprint density at radius 3 is 2.76 bits per heavy atom. The third kappa shape index (κ3) is 5.53. The number of rotatable bonds is 8. The minimum atomic E-state index is 0.139. The summed E-state index contributed by atoms with van der Waals surface area (Å²) in [4.78, 5) is 14.4. The lowest BCUT2D eigenvalue weighted by atomic mass is 10.0. The Morgan fingerprint density at radius 2 is 1.88 bits per heavy atom. The van der Waals surface area contributed by atoms with Gasteiger partial charge in [0.25, 0.3) is 0 Å². The molecule has 0 unspecified atom stereocenters. The highest BCUT2D eigenvalue weighted by molar-refractivity contribution is 7.99. The highest BCUT2D eigenvalue weighted by atomic mass is 32.2. The molecule has 0 aliphatic carbocycles. The van der Waals surface area contributed by atoms with E-state index in [1.807, 2.05) is 18.2 Å². The van der Waals surface area contributed by atoms with Gasteiger partial charge in [0.1, 0.15) is 0 Å². The van der Waals surface area contributed by atoms with E-state index in [0.29, 0.717) is 5.75 Å². The van der Waals surface area contributed by atoms with Crippen molar-refractivity contribution in [2.45, 2.75) is 25.0 Å². The number of nitrogens with zero attached hydrogens (tertiary/aromatic N) is 1. The van der Waals surface area contributed by atoms with Gasteiger partial charge in [0, 0.05) is 31.1 Å². The zero-order valence-electron chi connectivity index (χ0n) is 14.6. The molecule has 1 aliphatic heterocycles. The maximum atomic E-state index is 11.9. The van der Waals surface area contributed by atoms with Crippen LogP contribution in [-0.2, 0) is 17.0 Å². The van der Waals surface area contributed by atoms with Crippen LogP contribution in [0.3, 0.4) is 0 Å². The molecule has 0 saturated carbocycles. The van der Waals surface area contributed by atoms with Crippen molar-refractivity contribution in [2.75, 3.05) is 30.3 Å². The molecule has 1 aliphatic rings. The van der Waals surface area contributed by atoms with E-state index in [0.717, 1.165) is 31.8 Å². The first-order valence-electron chi connectivity index (χ1n) is 9.04. The Balaban J connectivity index is 1.32. The summed E-state index contributed by atoms with van der Waals surface area (Å²) in [6.45, 7) is 2.88. The van der Waals surface area contributed by atoms with Crippen molar-refractivity contribution in [1.82, 2.24) is 5.32 Å². The van der Waals surface area contributed by atoms with Crippen LogP contribution in [0.25, 0.3) is 0 Å².